The van der Waals surface area contributed by atoms with E-state index in [2.05, 4.69) is 16.0 Å². The maximum atomic E-state index is 11.9. The van der Waals surface area contributed by atoms with Crippen LogP contribution in [0.1, 0.15) is 36.0 Å². The third kappa shape index (κ3) is 4.44. The monoisotopic (exact) mass is 309 g/mol. The van der Waals surface area contributed by atoms with Gasteiger partial charge in [-0.15, -0.1) is 0 Å². The Morgan fingerprint density at radius 1 is 1.29 bits per heavy atom. The minimum absolute atomic E-state index is 0.118. The molecule has 0 bridgehead atoms. The zero-order valence-electron chi connectivity index (χ0n) is 12.0. The minimum Gasteiger partial charge on any atom is -0.355 e. The van der Waals surface area contributed by atoms with Crippen molar-refractivity contribution in [2.24, 2.45) is 0 Å². The Morgan fingerprint density at radius 3 is 2.67 bits per heavy atom. The van der Waals surface area contributed by atoms with Gasteiger partial charge in [0.25, 0.3) is 5.91 Å². The van der Waals surface area contributed by atoms with E-state index in [1.54, 1.807) is 18.2 Å². The second-order valence-corrected chi connectivity index (χ2v) is 5.59. The molecule has 1 fully saturated rings. The Hall–Kier alpha value is -1.59. The van der Waals surface area contributed by atoms with Gasteiger partial charge in [-0.2, -0.15) is 0 Å². The van der Waals surface area contributed by atoms with E-state index in [0.717, 1.165) is 12.8 Å². The van der Waals surface area contributed by atoms with Crippen LogP contribution in [0.5, 0.6) is 0 Å². The van der Waals surface area contributed by atoms with Gasteiger partial charge in [-0.05, 0) is 31.0 Å². The molecule has 1 aromatic carbocycles. The van der Waals surface area contributed by atoms with Crippen molar-refractivity contribution in [3.8, 4) is 0 Å². The van der Waals surface area contributed by atoms with Crippen LogP contribution in [0.2, 0.25) is 5.02 Å². The van der Waals surface area contributed by atoms with Crippen molar-refractivity contribution in [1.29, 1.82) is 0 Å². The summed E-state index contributed by atoms with van der Waals surface area (Å²) >= 11 is 5.97. The SMILES string of the molecule is CNC(=O)c1cc(NC(=O)CNC2CCCC2)ccc1Cl. The van der Waals surface area contributed by atoms with Crippen LogP contribution < -0.4 is 16.0 Å². The van der Waals surface area contributed by atoms with Gasteiger partial charge in [0.15, 0.2) is 0 Å². The maximum absolute atomic E-state index is 11.9. The number of carbonyl (C=O) groups is 2. The molecule has 114 valence electrons. The smallest absolute Gasteiger partial charge is 0.252 e. The van der Waals surface area contributed by atoms with Crippen LogP contribution >= 0.6 is 11.6 Å². The van der Waals surface area contributed by atoms with E-state index < -0.39 is 0 Å². The lowest BCUT2D eigenvalue weighted by Gasteiger charge is -2.12. The standard InChI is InChI=1S/C15H20ClN3O2/c1-17-15(21)12-8-11(6-7-13(12)16)19-14(20)9-18-10-4-2-3-5-10/h6-8,10,18H,2-5,9H2,1H3,(H,17,21)(H,19,20). The van der Waals surface area contributed by atoms with E-state index in [4.69, 9.17) is 11.6 Å². The highest BCUT2D eigenvalue weighted by atomic mass is 35.5. The summed E-state index contributed by atoms with van der Waals surface area (Å²) in [5, 5.41) is 8.89. The summed E-state index contributed by atoms with van der Waals surface area (Å²) in [6.45, 7) is 0.280. The molecule has 0 heterocycles. The summed E-state index contributed by atoms with van der Waals surface area (Å²) in [5.74, 6) is -0.396. The molecular formula is C15H20ClN3O2. The second kappa shape index (κ2) is 7.43. The highest BCUT2D eigenvalue weighted by Gasteiger charge is 2.16. The number of hydrogen-bond donors (Lipinski definition) is 3. The zero-order valence-corrected chi connectivity index (χ0v) is 12.8. The molecule has 0 aromatic heterocycles. The van der Waals surface area contributed by atoms with Crippen LogP contribution in [0.4, 0.5) is 5.69 Å². The van der Waals surface area contributed by atoms with E-state index in [9.17, 15) is 9.59 Å². The fourth-order valence-electron chi connectivity index (χ4n) is 2.48. The number of anilines is 1. The van der Waals surface area contributed by atoms with Crippen LogP contribution in [-0.4, -0.2) is 31.4 Å². The number of benzene rings is 1. The van der Waals surface area contributed by atoms with Gasteiger partial charge >= 0.3 is 0 Å². The van der Waals surface area contributed by atoms with Crippen molar-refractivity contribution in [1.82, 2.24) is 10.6 Å². The highest BCUT2D eigenvalue weighted by molar-refractivity contribution is 6.34. The van der Waals surface area contributed by atoms with Crippen LogP contribution in [0.3, 0.4) is 0 Å². The van der Waals surface area contributed by atoms with Crippen molar-refractivity contribution in [2.45, 2.75) is 31.7 Å². The normalized spacial score (nSPS) is 15.0. The molecule has 0 radical (unpaired) electrons. The van der Waals surface area contributed by atoms with Gasteiger partial charge in [0.1, 0.15) is 0 Å². The average Bonchev–Trinajstić information content (AvgIpc) is 2.99. The number of nitrogens with one attached hydrogen (secondary N) is 3. The van der Waals surface area contributed by atoms with Gasteiger partial charge in [-0.3, -0.25) is 9.59 Å². The van der Waals surface area contributed by atoms with Crippen molar-refractivity contribution in [2.75, 3.05) is 18.9 Å². The van der Waals surface area contributed by atoms with Crippen molar-refractivity contribution in [3.05, 3.63) is 28.8 Å². The lowest BCUT2D eigenvalue weighted by molar-refractivity contribution is -0.115. The first-order valence-corrected chi connectivity index (χ1v) is 7.53. The Morgan fingerprint density at radius 2 is 2.00 bits per heavy atom. The maximum Gasteiger partial charge on any atom is 0.252 e. The Bertz CT molecular complexity index is 528. The minimum atomic E-state index is -0.278. The first-order valence-electron chi connectivity index (χ1n) is 7.15. The van der Waals surface area contributed by atoms with Crippen LogP contribution in [0, 0.1) is 0 Å². The lowest BCUT2D eigenvalue weighted by Crippen LogP contribution is -2.34. The zero-order chi connectivity index (χ0) is 15.2. The summed E-state index contributed by atoms with van der Waals surface area (Å²) in [5.41, 5.74) is 0.914. The number of hydrogen-bond acceptors (Lipinski definition) is 3. The fraction of sp³-hybridized carbons (Fsp3) is 0.467. The van der Waals surface area contributed by atoms with Crippen molar-refractivity contribution >= 4 is 29.1 Å². The van der Waals surface area contributed by atoms with Crippen LogP contribution in [0.25, 0.3) is 0 Å². The van der Waals surface area contributed by atoms with Gasteiger partial charge < -0.3 is 16.0 Å². The van der Waals surface area contributed by atoms with Gasteiger partial charge in [-0.1, -0.05) is 24.4 Å². The van der Waals surface area contributed by atoms with Gasteiger partial charge in [0.05, 0.1) is 17.1 Å². The van der Waals surface area contributed by atoms with Gasteiger partial charge in [0, 0.05) is 18.8 Å². The summed E-state index contributed by atoms with van der Waals surface area (Å²) < 4.78 is 0. The highest BCUT2D eigenvalue weighted by Crippen LogP contribution is 2.21. The number of amides is 2. The molecule has 1 aliphatic carbocycles. The third-order valence-electron chi connectivity index (χ3n) is 3.63. The quantitative estimate of drug-likeness (QED) is 0.780. The molecule has 0 spiro atoms. The summed E-state index contributed by atoms with van der Waals surface area (Å²) in [6.07, 6.45) is 4.72. The first kappa shape index (κ1) is 15.8. The van der Waals surface area contributed by atoms with Gasteiger partial charge in [-0.25, -0.2) is 0 Å². The fourth-order valence-corrected chi connectivity index (χ4v) is 2.69. The molecule has 2 rings (SSSR count). The molecule has 5 nitrogen and oxygen atoms in total. The topological polar surface area (TPSA) is 70.2 Å². The molecule has 1 aliphatic rings. The molecule has 21 heavy (non-hydrogen) atoms. The molecule has 1 aromatic rings. The first-order chi connectivity index (χ1) is 10.1. The summed E-state index contributed by atoms with van der Waals surface area (Å²) in [4.78, 5) is 23.5. The summed E-state index contributed by atoms with van der Waals surface area (Å²) in [7, 11) is 1.54. The Labute approximate surface area is 129 Å². The molecule has 1 saturated carbocycles. The van der Waals surface area contributed by atoms with E-state index in [1.165, 1.54) is 19.9 Å². The van der Waals surface area contributed by atoms with E-state index >= 15 is 0 Å². The van der Waals surface area contributed by atoms with E-state index in [1.807, 2.05) is 0 Å². The predicted octanol–water partition coefficient (Wildman–Crippen LogP) is 2.17. The van der Waals surface area contributed by atoms with Crippen LogP contribution in [-0.2, 0) is 4.79 Å². The van der Waals surface area contributed by atoms with E-state index in [0.29, 0.717) is 22.3 Å². The molecular weight excluding hydrogens is 290 g/mol. The Balaban J connectivity index is 1.92. The third-order valence-corrected chi connectivity index (χ3v) is 3.96. The van der Waals surface area contributed by atoms with Gasteiger partial charge in [0.2, 0.25) is 5.91 Å². The summed E-state index contributed by atoms with van der Waals surface area (Å²) in [6, 6.07) is 5.31. The Kier molecular flexibility index (Phi) is 5.59. The molecule has 6 heteroatoms. The number of rotatable bonds is 5. The molecule has 0 atom stereocenters. The van der Waals surface area contributed by atoms with E-state index in [-0.39, 0.29) is 18.4 Å². The second-order valence-electron chi connectivity index (χ2n) is 5.18. The molecule has 2 amide bonds. The number of halogens is 1. The number of carbonyl (C=O) groups excluding carboxylic acids is 2. The molecule has 3 N–H and O–H groups in total. The van der Waals surface area contributed by atoms with Crippen LogP contribution in [0.15, 0.2) is 18.2 Å². The predicted molar refractivity (Wildman–Crippen MR) is 83.7 cm³/mol. The average molecular weight is 310 g/mol. The molecule has 0 saturated heterocycles. The molecule has 0 aliphatic heterocycles. The van der Waals surface area contributed by atoms with Crippen molar-refractivity contribution < 1.29 is 9.59 Å². The largest absolute Gasteiger partial charge is 0.355 e. The lowest BCUT2D eigenvalue weighted by atomic mass is 10.2. The van der Waals surface area contributed by atoms with Crippen molar-refractivity contribution in [3.63, 3.8) is 0 Å². The molecule has 0 unspecified atom stereocenters.